The van der Waals surface area contributed by atoms with E-state index in [0.717, 1.165) is 48.8 Å². The van der Waals surface area contributed by atoms with Gasteiger partial charge < -0.3 is 15.5 Å². The van der Waals surface area contributed by atoms with Gasteiger partial charge in [-0.15, -0.1) is 0 Å². The van der Waals surface area contributed by atoms with Crippen LogP contribution in [0.3, 0.4) is 0 Å². The van der Waals surface area contributed by atoms with E-state index >= 15 is 0 Å². The Balaban J connectivity index is 1.38. The van der Waals surface area contributed by atoms with Crippen molar-refractivity contribution < 1.29 is 9.18 Å². The van der Waals surface area contributed by atoms with E-state index in [2.05, 4.69) is 24.8 Å². The number of carbonyl (C=O) groups is 1. The summed E-state index contributed by atoms with van der Waals surface area (Å²) in [6.07, 6.45) is 1.24. The third-order valence-corrected chi connectivity index (χ3v) is 6.38. The highest BCUT2D eigenvalue weighted by molar-refractivity contribution is 6.25. The quantitative estimate of drug-likeness (QED) is 0.445. The number of rotatable bonds is 3. The second kappa shape index (κ2) is 7.91. The van der Waals surface area contributed by atoms with Crippen LogP contribution in [0, 0.1) is 5.82 Å². The van der Waals surface area contributed by atoms with E-state index < -0.39 is 0 Å². The lowest BCUT2D eigenvalue weighted by Gasteiger charge is -2.37. The molecule has 0 unspecified atom stereocenters. The maximum atomic E-state index is 13.5. The second-order valence-corrected chi connectivity index (χ2v) is 8.36. The average Bonchev–Trinajstić information content (AvgIpc) is 3.16. The zero-order valence-electron chi connectivity index (χ0n) is 18.3. The molecule has 1 aliphatic heterocycles. The lowest BCUT2D eigenvalue weighted by molar-refractivity contribution is 0.104. The van der Waals surface area contributed by atoms with Gasteiger partial charge in [0.05, 0.1) is 23.1 Å². The predicted molar refractivity (Wildman–Crippen MR) is 129 cm³/mol. The van der Waals surface area contributed by atoms with Crippen LogP contribution in [0.5, 0.6) is 0 Å². The number of ketones is 1. The molecule has 2 N–H and O–H groups in total. The Morgan fingerprint density at radius 1 is 0.794 bits per heavy atom. The minimum absolute atomic E-state index is 0.0835. The Hall–Kier alpha value is -4.33. The molecule has 1 aliphatic carbocycles. The molecule has 0 amide bonds. The summed E-state index contributed by atoms with van der Waals surface area (Å²) in [7, 11) is 0. The number of pyridine rings is 1. The van der Waals surface area contributed by atoms with Crippen molar-refractivity contribution in [2.45, 2.75) is 0 Å². The molecule has 0 spiro atoms. The number of carbonyl (C=O) groups excluding carboxylic acids is 1. The van der Waals surface area contributed by atoms with Gasteiger partial charge in [0.25, 0.3) is 0 Å². The molecule has 3 heterocycles. The number of hydrogen-bond donors (Lipinski definition) is 1. The van der Waals surface area contributed by atoms with Gasteiger partial charge in [-0.05, 0) is 18.2 Å². The van der Waals surface area contributed by atoms with E-state index in [1.165, 1.54) is 12.3 Å². The fourth-order valence-electron chi connectivity index (χ4n) is 4.79. The number of fused-ring (bicyclic) bond motifs is 3. The van der Waals surface area contributed by atoms with Crippen molar-refractivity contribution in [3.8, 4) is 22.5 Å². The van der Waals surface area contributed by atoms with Crippen molar-refractivity contribution in [2.24, 2.45) is 0 Å². The third kappa shape index (κ3) is 3.26. The van der Waals surface area contributed by atoms with Crippen LogP contribution in [-0.4, -0.2) is 46.9 Å². The maximum absolute atomic E-state index is 13.5. The molecule has 0 radical (unpaired) electrons. The number of piperazine rings is 1. The number of halogens is 1. The second-order valence-electron chi connectivity index (χ2n) is 8.36. The molecule has 4 aromatic rings. The van der Waals surface area contributed by atoms with Crippen LogP contribution in [0.25, 0.3) is 22.5 Å². The molecule has 6 rings (SSSR count). The molecule has 2 aliphatic rings. The van der Waals surface area contributed by atoms with Crippen molar-refractivity contribution in [1.82, 2.24) is 15.0 Å². The van der Waals surface area contributed by atoms with Crippen molar-refractivity contribution >= 4 is 23.2 Å². The summed E-state index contributed by atoms with van der Waals surface area (Å²) < 4.78 is 13.2. The van der Waals surface area contributed by atoms with Crippen molar-refractivity contribution in [3.63, 3.8) is 0 Å². The number of nitrogen functional groups attached to an aromatic ring is 1. The molecule has 0 bridgehead atoms. The topological polar surface area (TPSA) is 88.2 Å². The minimum atomic E-state index is -0.346. The Morgan fingerprint density at radius 3 is 2.26 bits per heavy atom. The zero-order chi connectivity index (χ0) is 23.2. The van der Waals surface area contributed by atoms with Crippen LogP contribution in [0.4, 0.5) is 21.8 Å². The molecule has 8 heteroatoms. The molecule has 168 valence electrons. The van der Waals surface area contributed by atoms with Crippen LogP contribution < -0.4 is 15.5 Å². The smallest absolute Gasteiger partial charge is 0.221 e. The zero-order valence-corrected chi connectivity index (χ0v) is 18.3. The molecule has 0 saturated carbocycles. The first kappa shape index (κ1) is 20.3. The maximum Gasteiger partial charge on any atom is 0.221 e. The molecular weight excluding hydrogens is 431 g/mol. The molecule has 34 heavy (non-hydrogen) atoms. The van der Waals surface area contributed by atoms with Gasteiger partial charge >= 0.3 is 0 Å². The summed E-state index contributed by atoms with van der Waals surface area (Å²) in [6, 6.07) is 18.5. The third-order valence-electron chi connectivity index (χ3n) is 6.38. The Labute approximate surface area is 195 Å². The number of nitrogens with zero attached hydrogens (tertiary/aromatic N) is 5. The van der Waals surface area contributed by atoms with Crippen molar-refractivity contribution in [3.05, 3.63) is 83.8 Å². The van der Waals surface area contributed by atoms with E-state index in [0.29, 0.717) is 22.5 Å². The van der Waals surface area contributed by atoms with Gasteiger partial charge in [-0.3, -0.25) is 4.79 Å². The first-order valence-corrected chi connectivity index (χ1v) is 11.1. The number of hydrogen-bond acceptors (Lipinski definition) is 7. The Bertz CT molecular complexity index is 1400. The Morgan fingerprint density at radius 2 is 1.53 bits per heavy atom. The molecule has 2 aromatic heterocycles. The summed E-state index contributed by atoms with van der Waals surface area (Å²) >= 11 is 0. The monoisotopic (exact) mass is 452 g/mol. The lowest BCUT2D eigenvalue weighted by atomic mass is 10.0. The summed E-state index contributed by atoms with van der Waals surface area (Å²) in [5.41, 5.74) is 11.0. The van der Waals surface area contributed by atoms with Gasteiger partial charge in [0.1, 0.15) is 11.6 Å². The number of benzene rings is 2. The fourth-order valence-corrected chi connectivity index (χ4v) is 4.79. The summed E-state index contributed by atoms with van der Waals surface area (Å²) in [5.74, 6) is 0.467. The van der Waals surface area contributed by atoms with Gasteiger partial charge in [-0.1, -0.05) is 42.5 Å². The molecule has 1 fully saturated rings. The first-order valence-electron chi connectivity index (χ1n) is 11.1. The van der Waals surface area contributed by atoms with Gasteiger partial charge in [-0.2, -0.15) is 0 Å². The number of aromatic nitrogens is 3. The average molecular weight is 452 g/mol. The minimum Gasteiger partial charge on any atom is -0.368 e. The normalized spacial score (nSPS) is 14.8. The van der Waals surface area contributed by atoms with Gasteiger partial charge in [-0.25, -0.2) is 19.3 Å². The largest absolute Gasteiger partial charge is 0.368 e. The highest BCUT2D eigenvalue weighted by atomic mass is 19.1. The molecule has 1 saturated heterocycles. The summed E-state index contributed by atoms with van der Waals surface area (Å²) in [4.78, 5) is 31.0. The van der Waals surface area contributed by atoms with Crippen LogP contribution in [0.15, 0.2) is 66.9 Å². The molecule has 7 nitrogen and oxygen atoms in total. The molecule has 2 aromatic carbocycles. The number of nitrogens with two attached hydrogens (primary N) is 1. The van der Waals surface area contributed by atoms with E-state index in [1.807, 2.05) is 48.5 Å². The fraction of sp³-hybridized carbons (Fsp3) is 0.154. The van der Waals surface area contributed by atoms with Crippen LogP contribution in [0.2, 0.25) is 0 Å². The predicted octanol–water partition coefficient (Wildman–Crippen LogP) is 3.80. The van der Waals surface area contributed by atoms with E-state index in [-0.39, 0.29) is 17.5 Å². The van der Waals surface area contributed by atoms with E-state index in [1.54, 1.807) is 6.07 Å². The lowest BCUT2D eigenvalue weighted by Crippen LogP contribution is -2.47. The van der Waals surface area contributed by atoms with Gasteiger partial charge in [0, 0.05) is 48.6 Å². The van der Waals surface area contributed by atoms with Crippen molar-refractivity contribution in [1.29, 1.82) is 0 Å². The summed E-state index contributed by atoms with van der Waals surface area (Å²) in [6.45, 7) is 2.91. The molecule has 0 atom stereocenters. The summed E-state index contributed by atoms with van der Waals surface area (Å²) in [5, 5.41) is 0. The number of anilines is 3. The van der Waals surface area contributed by atoms with Crippen LogP contribution in [-0.2, 0) is 0 Å². The van der Waals surface area contributed by atoms with E-state index in [9.17, 15) is 9.18 Å². The highest BCUT2D eigenvalue weighted by Crippen LogP contribution is 2.45. The van der Waals surface area contributed by atoms with Gasteiger partial charge in [0.15, 0.2) is 5.78 Å². The SMILES string of the molecule is Nc1nc(-c2ccccc2)c2c(n1)-c1c(cccc1N1CCN(c3ccc(F)cn3)CC1)C2=O. The van der Waals surface area contributed by atoms with E-state index in [4.69, 9.17) is 5.73 Å². The standard InChI is InChI=1S/C26H21FN6O/c27-17-9-10-20(29-15-17)33-13-11-32(12-14-33)19-8-4-7-18-21(19)24-22(25(18)34)23(30-26(28)31-24)16-5-2-1-3-6-16/h1-10,15H,11-14H2,(H2,28,30,31). The molecular formula is C26H21FN6O. The van der Waals surface area contributed by atoms with Crippen molar-refractivity contribution in [2.75, 3.05) is 41.7 Å². The highest BCUT2D eigenvalue weighted by Gasteiger charge is 2.35. The van der Waals surface area contributed by atoms with Crippen LogP contribution >= 0.6 is 0 Å². The van der Waals surface area contributed by atoms with Crippen LogP contribution in [0.1, 0.15) is 15.9 Å². The first-order chi connectivity index (χ1) is 16.6. The Kier molecular flexibility index (Phi) is 4.72. The van der Waals surface area contributed by atoms with Gasteiger partial charge in [0.2, 0.25) is 5.95 Å².